The van der Waals surface area contributed by atoms with Gasteiger partial charge >= 0.3 is 5.97 Å². The number of nitrogens with zero attached hydrogens (tertiary/aromatic N) is 5. The van der Waals surface area contributed by atoms with E-state index in [1.165, 1.54) is 6.20 Å². The van der Waals surface area contributed by atoms with Crippen molar-refractivity contribution in [3.05, 3.63) is 29.6 Å². The van der Waals surface area contributed by atoms with Gasteiger partial charge in [-0.05, 0) is 6.92 Å². The molecule has 0 amide bonds. The van der Waals surface area contributed by atoms with Crippen LogP contribution in [0, 0.1) is 6.92 Å². The monoisotopic (exact) mass is 221 g/mol. The first-order valence-corrected chi connectivity index (χ1v) is 4.68. The summed E-state index contributed by atoms with van der Waals surface area (Å²) in [6.45, 7) is 2.12. The van der Waals surface area contributed by atoms with Gasteiger partial charge in [0.1, 0.15) is 17.2 Å². The van der Waals surface area contributed by atoms with Crippen LogP contribution in [0.3, 0.4) is 0 Å². The van der Waals surface area contributed by atoms with Gasteiger partial charge in [-0.3, -0.25) is 4.68 Å². The molecule has 0 atom stereocenters. The highest BCUT2D eigenvalue weighted by Gasteiger charge is 2.14. The molecule has 84 valence electrons. The predicted octanol–water partition coefficient (Wildman–Crippen LogP) is 0.0665. The van der Waals surface area contributed by atoms with Gasteiger partial charge in [0.25, 0.3) is 0 Å². The Morgan fingerprint density at radius 1 is 1.56 bits per heavy atom. The highest BCUT2D eigenvalue weighted by molar-refractivity contribution is 5.85. The van der Waals surface area contributed by atoms with Crippen molar-refractivity contribution >= 4 is 5.97 Å². The van der Waals surface area contributed by atoms with E-state index in [0.29, 0.717) is 18.1 Å². The molecule has 0 saturated heterocycles. The van der Waals surface area contributed by atoms with E-state index in [4.69, 9.17) is 5.11 Å². The first kappa shape index (κ1) is 10.3. The number of hydrogen-bond donors (Lipinski definition) is 1. The van der Waals surface area contributed by atoms with Crippen LogP contribution in [0.25, 0.3) is 0 Å². The topological polar surface area (TPSA) is 85.8 Å². The summed E-state index contributed by atoms with van der Waals surface area (Å²) in [5.41, 5.74) is 0.856. The molecule has 0 aliphatic carbocycles. The smallest absolute Gasteiger partial charge is 0.354 e. The van der Waals surface area contributed by atoms with Gasteiger partial charge in [0.15, 0.2) is 0 Å². The fraction of sp³-hybridized carbons (Fsp3) is 0.333. The molecule has 2 aromatic rings. The summed E-state index contributed by atoms with van der Waals surface area (Å²) >= 11 is 0. The minimum absolute atomic E-state index is 0.156. The molecule has 2 heterocycles. The minimum Gasteiger partial charge on any atom is -0.477 e. The quantitative estimate of drug-likeness (QED) is 0.792. The number of aromatic nitrogens is 5. The first-order valence-electron chi connectivity index (χ1n) is 4.68. The van der Waals surface area contributed by atoms with E-state index in [1.54, 1.807) is 29.4 Å². The number of imidazole rings is 1. The van der Waals surface area contributed by atoms with Crippen LogP contribution in [0.5, 0.6) is 0 Å². The Hall–Kier alpha value is -2.18. The van der Waals surface area contributed by atoms with E-state index in [0.717, 1.165) is 0 Å². The highest BCUT2D eigenvalue weighted by Crippen LogP contribution is 2.07. The second kappa shape index (κ2) is 3.76. The van der Waals surface area contributed by atoms with Crippen LogP contribution in [0.1, 0.15) is 22.0 Å². The minimum atomic E-state index is -0.996. The van der Waals surface area contributed by atoms with E-state index in [9.17, 15) is 4.79 Å². The molecule has 1 N–H and O–H groups in total. The number of carboxylic acid groups (broad SMARTS) is 1. The molecule has 0 fully saturated rings. The molecule has 16 heavy (non-hydrogen) atoms. The molecule has 0 aromatic carbocycles. The lowest BCUT2D eigenvalue weighted by atomic mass is 10.4. The van der Waals surface area contributed by atoms with Crippen LogP contribution in [-0.2, 0) is 13.6 Å². The second-order valence-electron chi connectivity index (χ2n) is 3.47. The molecule has 0 radical (unpaired) electrons. The van der Waals surface area contributed by atoms with Crippen molar-refractivity contribution in [2.45, 2.75) is 13.5 Å². The maximum atomic E-state index is 10.9. The van der Waals surface area contributed by atoms with Gasteiger partial charge < -0.3 is 9.67 Å². The molecule has 7 heteroatoms. The predicted molar refractivity (Wildman–Crippen MR) is 54.0 cm³/mol. The molecule has 2 rings (SSSR count). The van der Waals surface area contributed by atoms with Crippen LogP contribution in [-0.4, -0.2) is 35.6 Å². The van der Waals surface area contributed by atoms with Crippen molar-refractivity contribution in [1.29, 1.82) is 0 Å². The van der Waals surface area contributed by atoms with Crippen molar-refractivity contribution in [2.75, 3.05) is 0 Å². The highest BCUT2D eigenvalue weighted by atomic mass is 16.4. The van der Waals surface area contributed by atoms with Gasteiger partial charge in [0.05, 0.1) is 12.7 Å². The van der Waals surface area contributed by atoms with E-state index in [-0.39, 0.29) is 5.69 Å². The van der Waals surface area contributed by atoms with Gasteiger partial charge in [0, 0.05) is 13.2 Å². The Balaban J connectivity index is 2.33. The normalized spacial score (nSPS) is 10.6. The summed E-state index contributed by atoms with van der Waals surface area (Å²) in [7, 11) is 1.76. The van der Waals surface area contributed by atoms with E-state index in [2.05, 4.69) is 15.3 Å². The summed E-state index contributed by atoms with van der Waals surface area (Å²) in [4.78, 5) is 14.9. The summed E-state index contributed by atoms with van der Waals surface area (Å²) in [5.74, 6) is -0.354. The summed E-state index contributed by atoms with van der Waals surface area (Å²) in [5, 5.41) is 16.7. The van der Waals surface area contributed by atoms with Crippen molar-refractivity contribution in [2.24, 2.45) is 7.05 Å². The maximum Gasteiger partial charge on any atom is 0.354 e. The molecule has 7 nitrogen and oxygen atoms in total. The Morgan fingerprint density at radius 3 is 2.88 bits per heavy atom. The maximum absolute atomic E-state index is 10.9. The van der Waals surface area contributed by atoms with Crippen LogP contribution in [0.4, 0.5) is 0 Å². The SMILES string of the molecule is Cc1ncc(C(=O)O)n1Cc1cn(C)nn1. The Morgan fingerprint density at radius 2 is 2.31 bits per heavy atom. The third-order valence-electron chi connectivity index (χ3n) is 2.24. The Kier molecular flexibility index (Phi) is 2.43. The number of hydrogen-bond acceptors (Lipinski definition) is 4. The van der Waals surface area contributed by atoms with Crippen LogP contribution in [0.15, 0.2) is 12.4 Å². The van der Waals surface area contributed by atoms with Crippen LogP contribution >= 0.6 is 0 Å². The lowest BCUT2D eigenvalue weighted by molar-refractivity contribution is 0.0685. The van der Waals surface area contributed by atoms with E-state index >= 15 is 0 Å². The number of rotatable bonds is 3. The molecule has 0 bridgehead atoms. The standard InChI is InChI=1S/C9H11N5O2/c1-6-10-3-8(9(15)16)14(6)5-7-4-13(2)12-11-7/h3-4H,5H2,1-2H3,(H,15,16). The molecule has 0 aliphatic heterocycles. The zero-order valence-corrected chi connectivity index (χ0v) is 8.95. The molecule has 0 saturated carbocycles. The molecular formula is C9H11N5O2. The number of carbonyl (C=O) groups is 1. The molecule has 0 spiro atoms. The zero-order valence-electron chi connectivity index (χ0n) is 8.95. The molecule has 2 aromatic heterocycles. The summed E-state index contributed by atoms with van der Waals surface area (Å²) in [6, 6.07) is 0. The van der Waals surface area contributed by atoms with Crippen molar-refractivity contribution in [3.8, 4) is 0 Å². The summed E-state index contributed by atoms with van der Waals surface area (Å²) in [6.07, 6.45) is 3.08. The zero-order chi connectivity index (χ0) is 11.7. The van der Waals surface area contributed by atoms with Gasteiger partial charge in [0.2, 0.25) is 0 Å². The number of aryl methyl sites for hydroxylation is 2. The third-order valence-corrected chi connectivity index (χ3v) is 2.24. The first-order chi connectivity index (χ1) is 7.58. The van der Waals surface area contributed by atoms with Crippen LogP contribution < -0.4 is 0 Å². The second-order valence-corrected chi connectivity index (χ2v) is 3.47. The lowest BCUT2D eigenvalue weighted by Crippen LogP contribution is -2.11. The summed E-state index contributed by atoms with van der Waals surface area (Å²) < 4.78 is 3.16. The van der Waals surface area contributed by atoms with E-state index in [1.807, 2.05) is 0 Å². The fourth-order valence-corrected chi connectivity index (χ4v) is 1.47. The van der Waals surface area contributed by atoms with Gasteiger partial charge in [-0.1, -0.05) is 5.21 Å². The van der Waals surface area contributed by atoms with Gasteiger partial charge in [-0.2, -0.15) is 0 Å². The van der Waals surface area contributed by atoms with Gasteiger partial charge in [-0.25, -0.2) is 9.78 Å². The molecular weight excluding hydrogens is 210 g/mol. The van der Waals surface area contributed by atoms with Gasteiger partial charge in [-0.15, -0.1) is 5.10 Å². The van der Waals surface area contributed by atoms with Crippen LogP contribution in [0.2, 0.25) is 0 Å². The number of carboxylic acids is 1. The van der Waals surface area contributed by atoms with Crippen molar-refractivity contribution in [1.82, 2.24) is 24.5 Å². The Labute approximate surface area is 91.3 Å². The molecule has 0 unspecified atom stereocenters. The third kappa shape index (κ3) is 1.79. The van der Waals surface area contributed by atoms with Crippen molar-refractivity contribution in [3.63, 3.8) is 0 Å². The Bertz CT molecular complexity index is 528. The average Bonchev–Trinajstić information content (AvgIpc) is 2.76. The van der Waals surface area contributed by atoms with E-state index < -0.39 is 5.97 Å². The largest absolute Gasteiger partial charge is 0.477 e. The lowest BCUT2D eigenvalue weighted by Gasteiger charge is -2.04. The molecule has 0 aliphatic rings. The average molecular weight is 221 g/mol. The fourth-order valence-electron chi connectivity index (χ4n) is 1.47. The number of aromatic carboxylic acids is 1. The van der Waals surface area contributed by atoms with Crippen molar-refractivity contribution < 1.29 is 9.90 Å².